The van der Waals surface area contributed by atoms with Gasteiger partial charge in [-0.25, -0.2) is 0 Å². The van der Waals surface area contributed by atoms with Gasteiger partial charge >= 0.3 is 0 Å². The summed E-state index contributed by atoms with van der Waals surface area (Å²) in [6.07, 6.45) is 0.676. The van der Waals surface area contributed by atoms with Gasteiger partial charge in [-0.05, 0) is 73.9 Å². The van der Waals surface area contributed by atoms with Crippen molar-refractivity contribution in [3.8, 4) is 11.5 Å². The number of carbonyl (C=O) groups excluding carboxylic acids is 1. The maximum absolute atomic E-state index is 11.9. The van der Waals surface area contributed by atoms with Crippen LogP contribution >= 0.6 is 0 Å². The van der Waals surface area contributed by atoms with Crippen LogP contribution in [0, 0.1) is 20.8 Å². The van der Waals surface area contributed by atoms with Gasteiger partial charge in [-0.2, -0.15) is 0 Å². The van der Waals surface area contributed by atoms with E-state index in [-0.39, 0.29) is 24.9 Å². The molecule has 0 aliphatic carbocycles. The zero-order chi connectivity index (χ0) is 20.8. The largest absolute Gasteiger partial charge is 0.491 e. The molecule has 3 rings (SSSR count). The summed E-state index contributed by atoms with van der Waals surface area (Å²) in [4.78, 5) is 11.9. The molecular weight excluding hydrogens is 370 g/mol. The first-order valence-corrected chi connectivity index (χ1v) is 9.39. The molecule has 2 aromatic carbocycles. The van der Waals surface area contributed by atoms with Crippen LogP contribution < -0.4 is 14.8 Å². The molecule has 0 saturated carbocycles. The van der Waals surface area contributed by atoms with Gasteiger partial charge in [-0.1, -0.05) is 12.1 Å². The van der Waals surface area contributed by atoms with Crippen LogP contribution in [0.1, 0.15) is 27.2 Å². The SMILES string of the molecule is Cc1ccc(C)c(OCC(O)COc2ccc(NC(=O)c3ccco3)cc2)c1C. The Morgan fingerprint density at radius 2 is 1.69 bits per heavy atom. The van der Waals surface area contributed by atoms with Gasteiger partial charge in [0, 0.05) is 5.69 Å². The molecule has 29 heavy (non-hydrogen) atoms. The average Bonchev–Trinajstić information content (AvgIpc) is 3.25. The number of anilines is 1. The highest BCUT2D eigenvalue weighted by Gasteiger charge is 2.12. The Bertz CT molecular complexity index is 948. The van der Waals surface area contributed by atoms with Gasteiger partial charge in [0.05, 0.1) is 6.26 Å². The minimum absolute atomic E-state index is 0.0992. The Morgan fingerprint density at radius 3 is 2.38 bits per heavy atom. The summed E-state index contributed by atoms with van der Waals surface area (Å²) >= 11 is 0. The molecular formula is C23H25NO5. The number of aryl methyl sites for hydroxylation is 2. The number of nitrogens with one attached hydrogen (secondary N) is 1. The van der Waals surface area contributed by atoms with Gasteiger partial charge in [-0.3, -0.25) is 4.79 Å². The van der Waals surface area contributed by atoms with Crippen LogP contribution in [0.3, 0.4) is 0 Å². The summed E-state index contributed by atoms with van der Waals surface area (Å²) in [5.74, 6) is 1.31. The highest BCUT2D eigenvalue weighted by molar-refractivity contribution is 6.02. The number of hydrogen-bond donors (Lipinski definition) is 2. The van der Waals surface area contributed by atoms with E-state index in [1.54, 1.807) is 36.4 Å². The van der Waals surface area contributed by atoms with E-state index in [4.69, 9.17) is 13.9 Å². The number of hydrogen-bond acceptors (Lipinski definition) is 5. The van der Waals surface area contributed by atoms with Crippen molar-refractivity contribution < 1.29 is 23.8 Å². The number of amides is 1. The first-order chi connectivity index (χ1) is 13.9. The first-order valence-electron chi connectivity index (χ1n) is 9.39. The number of rotatable bonds is 8. The van der Waals surface area contributed by atoms with Crippen LogP contribution in [0.25, 0.3) is 0 Å². The van der Waals surface area contributed by atoms with E-state index in [0.717, 1.165) is 22.4 Å². The summed E-state index contributed by atoms with van der Waals surface area (Å²) in [5, 5.41) is 12.9. The first kappa shape index (κ1) is 20.5. The fourth-order valence-corrected chi connectivity index (χ4v) is 2.80. The van der Waals surface area contributed by atoms with Crippen molar-refractivity contribution in [3.05, 3.63) is 77.2 Å². The van der Waals surface area contributed by atoms with Crippen LogP contribution in [-0.4, -0.2) is 30.3 Å². The Balaban J connectivity index is 1.47. The maximum Gasteiger partial charge on any atom is 0.291 e. The van der Waals surface area contributed by atoms with E-state index < -0.39 is 6.10 Å². The molecule has 152 valence electrons. The lowest BCUT2D eigenvalue weighted by Gasteiger charge is -2.17. The Morgan fingerprint density at radius 1 is 1.00 bits per heavy atom. The Labute approximate surface area is 170 Å². The second-order valence-electron chi connectivity index (χ2n) is 6.89. The molecule has 6 nitrogen and oxygen atoms in total. The summed E-state index contributed by atoms with van der Waals surface area (Å²) in [6.45, 7) is 6.26. The predicted octanol–water partition coefficient (Wildman–Crippen LogP) is 4.28. The quantitative estimate of drug-likeness (QED) is 0.595. The van der Waals surface area contributed by atoms with Crippen LogP contribution in [-0.2, 0) is 0 Å². The summed E-state index contributed by atoms with van der Waals surface area (Å²) < 4.78 is 16.5. The van der Waals surface area contributed by atoms with Crippen molar-refractivity contribution in [1.29, 1.82) is 0 Å². The lowest BCUT2D eigenvalue weighted by atomic mass is 10.1. The number of aliphatic hydroxyl groups is 1. The minimum atomic E-state index is -0.771. The molecule has 0 fully saturated rings. The fourth-order valence-electron chi connectivity index (χ4n) is 2.80. The van der Waals surface area contributed by atoms with Crippen LogP contribution in [0.4, 0.5) is 5.69 Å². The van der Waals surface area contributed by atoms with Crippen molar-refractivity contribution in [1.82, 2.24) is 0 Å². The molecule has 0 spiro atoms. The number of aliphatic hydroxyl groups excluding tert-OH is 1. The zero-order valence-electron chi connectivity index (χ0n) is 16.8. The average molecular weight is 395 g/mol. The normalized spacial score (nSPS) is 11.7. The Hall–Kier alpha value is -3.25. The van der Waals surface area contributed by atoms with Crippen molar-refractivity contribution >= 4 is 11.6 Å². The standard InChI is InChI=1S/C23H25NO5/c1-15-6-7-16(2)22(17(15)3)29-14-19(25)13-28-20-10-8-18(9-11-20)24-23(26)21-5-4-12-27-21/h4-12,19,25H,13-14H2,1-3H3,(H,24,26). The minimum Gasteiger partial charge on any atom is -0.491 e. The zero-order valence-corrected chi connectivity index (χ0v) is 16.8. The fraction of sp³-hybridized carbons (Fsp3) is 0.261. The summed E-state index contributed by atoms with van der Waals surface area (Å²) in [5.41, 5.74) is 3.88. The van der Waals surface area contributed by atoms with E-state index in [9.17, 15) is 9.90 Å². The van der Waals surface area contributed by atoms with Crippen molar-refractivity contribution in [2.75, 3.05) is 18.5 Å². The number of benzene rings is 2. The molecule has 1 amide bonds. The topological polar surface area (TPSA) is 80.9 Å². The van der Waals surface area contributed by atoms with E-state index >= 15 is 0 Å². The van der Waals surface area contributed by atoms with E-state index in [0.29, 0.717) is 11.4 Å². The maximum atomic E-state index is 11.9. The highest BCUT2D eigenvalue weighted by Crippen LogP contribution is 2.26. The van der Waals surface area contributed by atoms with E-state index in [2.05, 4.69) is 11.4 Å². The second kappa shape index (κ2) is 9.30. The molecule has 1 heterocycles. The lowest BCUT2D eigenvalue weighted by molar-refractivity contribution is 0.0621. The monoisotopic (exact) mass is 395 g/mol. The second-order valence-corrected chi connectivity index (χ2v) is 6.89. The third-order valence-electron chi connectivity index (χ3n) is 4.59. The lowest BCUT2D eigenvalue weighted by Crippen LogP contribution is -2.25. The molecule has 6 heteroatoms. The van der Waals surface area contributed by atoms with Crippen molar-refractivity contribution in [2.24, 2.45) is 0 Å². The van der Waals surface area contributed by atoms with E-state index in [1.807, 2.05) is 26.8 Å². The predicted molar refractivity (Wildman–Crippen MR) is 111 cm³/mol. The third kappa shape index (κ3) is 5.39. The molecule has 1 aromatic heterocycles. The van der Waals surface area contributed by atoms with Gasteiger partial charge in [0.1, 0.15) is 30.8 Å². The smallest absolute Gasteiger partial charge is 0.291 e. The summed E-state index contributed by atoms with van der Waals surface area (Å²) in [7, 11) is 0. The number of carbonyl (C=O) groups is 1. The van der Waals surface area contributed by atoms with Crippen LogP contribution in [0.2, 0.25) is 0 Å². The highest BCUT2D eigenvalue weighted by atomic mass is 16.5. The molecule has 0 aliphatic heterocycles. The van der Waals surface area contributed by atoms with Crippen LogP contribution in [0.5, 0.6) is 11.5 Å². The summed E-state index contributed by atoms with van der Waals surface area (Å²) in [6, 6.07) is 14.2. The van der Waals surface area contributed by atoms with Gasteiger partial charge in [0.15, 0.2) is 5.76 Å². The van der Waals surface area contributed by atoms with Crippen molar-refractivity contribution in [2.45, 2.75) is 26.9 Å². The molecule has 0 saturated heterocycles. The van der Waals surface area contributed by atoms with Gasteiger partial charge < -0.3 is 24.3 Å². The van der Waals surface area contributed by atoms with Gasteiger partial charge in [0.25, 0.3) is 5.91 Å². The Kier molecular flexibility index (Phi) is 6.57. The number of furan rings is 1. The van der Waals surface area contributed by atoms with Crippen LogP contribution in [0.15, 0.2) is 59.2 Å². The molecule has 0 radical (unpaired) electrons. The molecule has 2 N–H and O–H groups in total. The van der Waals surface area contributed by atoms with Crippen molar-refractivity contribution in [3.63, 3.8) is 0 Å². The molecule has 0 aliphatic rings. The molecule has 1 unspecified atom stereocenters. The molecule has 1 atom stereocenters. The molecule has 0 bridgehead atoms. The van der Waals surface area contributed by atoms with Gasteiger partial charge in [-0.15, -0.1) is 0 Å². The number of ether oxygens (including phenoxy) is 2. The van der Waals surface area contributed by atoms with E-state index in [1.165, 1.54) is 6.26 Å². The third-order valence-corrected chi connectivity index (χ3v) is 4.59. The van der Waals surface area contributed by atoms with Gasteiger partial charge in [0.2, 0.25) is 0 Å². The molecule has 3 aromatic rings.